The second kappa shape index (κ2) is 4.33. The smallest absolute Gasteiger partial charge is 0.409 e. The van der Waals surface area contributed by atoms with Gasteiger partial charge in [-0.1, -0.05) is 17.7 Å². The second-order valence-corrected chi connectivity index (χ2v) is 2.30. The van der Waals surface area contributed by atoms with Gasteiger partial charge in [-0.15, -0.1) is 0 Å². The van der Waals surface area contributed by atoms with Crippen LogP contribution in [0.4, 0.5) is 15.2 Å². The molecule has 0 radical (unpaired) electrons. The fourth-order valence-corrected chi connectivity index (χ4v) is 0.760. The lowest BCUT2D eigenvalue weighted by Gasteiger charge is -1.99. The highest BCUT2D eigenvalue weighted by molar-refractivity contribution is 5.82. The molecular weight excluding hydrogens is 161 g/mol. The molecule has 0 aliphatic carbocycles. The van der Waals surface area contributed by atoms with Crippen molar-refractivity contribution in [2.75, 3.05) is 5.32 Å². The van der Waals surface area contributed by atoms with Gasteiger partial charge in [-0.05, 0) is 19.1 Å². The summed E-state index contributed by atoms with van der Waals surface area (Å²) in [7, 11) is 0. The van der Waals surface area contributed by atoms with Crippen molar-refractivity contribution >= 4 is 11.8 Å². The van der Waals surface area contributed by atoms with Crippen LogP contribution < -0.4 is 5.32 Å². The fraction of sp³-hybridized carbons (Fsp3) is 0.125. The Morgan fingerprint density at radius 1 is 1.33 bits per heavy atom. The number of anilines is 1. The number of aryl methyl sites for hydroxylation is 1. The summed E-state index contributed by atoms with van der Waals surface area (Å²) in [6.45, 7) is 1.95. The van der Waals surface area contributed by atoms with E-state index in [1.807, 2.05) is 19.1 Å². The number of carboxylic acid groups (broad SMARTS) is 1. The van der Waals surface area contributed by atoms with Crippen LogP contribution in [0.2, 0.25) is 0 Å². The lowest BCUT2D eigenvalue weighted by atomic mass is 10.2. The standard InChI is InChI=1S/C8H9NO2.FH/c1-6-2-4-7(5-3-6)9-8(10)11;/h2-5,9H,1H3,(H,10,11);1H. The minimum absolute atomic E-state index is 0. The molecule has 1 rings (SSSR count). The van der Waals surface area contributed by atoms with Gasteiger partial charge in [-0.3, -0.25) is 10.0 Å². The number of hydrogen-bond donors (Lipinski definition) is 2. The molecule has 4 heteroatoms. The Morgan fingerprint density at radius 2 is 1.83 bits per heavy atom. The van der Waals surface area contributed by atoms with E-state index in [9.17, 15) is 4.79 Å². The highest BCUT2D eigenvalue weighted by Gasteiger charge is 1.94. The van der Waals surface area contributed by atoms with Gasteiger partial charge in [0.2, 0.25) is 0 Å². The van der Waals surface area contributed by atoms with Crippen molar-refractivity contribution in [2.45, 2.75) is 6.92 Å². The zero-order chi connectivity index (χ0) is 8.27. The first-order chi connectivity index (χ1) is 5.18. The van der Waals surface area contributed by atoms with Crippen molar-refractivity contribution in [3.05, 3.63) is 29.8 Å². The Morgan fingerprint density at radius 3 is 2.25 bits per heavy atom. The van der Waals surface area contributed by atoms with Crippen LogP contribution in [-0.2, 0) is 0 Å². The predicted octanol–water partition coefficient (Wildman–Crippen LogP) is 2.24. The Labute approximate surface area is 69.4 Å². The van der Waals surface area contributed by atoms with Crippen LogP contribution in [0.5, 0.6) is 0 Å². The summed E-state index contributed by atoms with van der Waals surface area (Å²) >= 11 is 0. The van der Waals surface area contributed by atoms with Gasteiger partial charge in [-0.2, -0.15) is 0 Å². The molecule has 2 N–H and O–H groups in total. The molecule has 0 bridgehead atoms. The first kappa shape index (κ1) is 10.4. The Hall–Kier alpha value is -1.58. The number of benzene rings is 1. The number of hydrogen-bond acceptors (Lipinski definition) is 1. The maximum absolute atomic E-state index is 10.1. The third kappa shape index (κ3) is 3.01. The van der Waals surface area contributed by atoms with Crippen LogP contribution in [0, 0.1) is 6.92 Å². The van der Waals surface area contributed by atoms with Crippen LogP contribution in [0.25, 0.3) is 0 Å². The van der Waals surface area contributed by atoms with E-state index in [1.165, 1.54) is 0 Å². The number of carbonyl (C=O) groups is 1. The zero-order valence-corrected chi connectivity index (χ0v) is 6.57. The van der Waals surface area contributed by atoms with E-state index in [1.54, 1.807) is 12.1 Å². The molecule has 0 spiro atoms. The minimum Gasteiger partial charge on any atom is -0.465 e. The molecule has 12 heavy (non-hydrogen) atoms. The average molecular weight is 171 g/mol. The highest BCUT2D eigenvalue weighted by Crippen LogP contribution is 2.07. The largest absolute Gasteiger partial charge is 0.465 e. The molecular formula is C8H10FNO2. The van der Waals surface area contributed by atoms with E-state index in [2.05, 4.69) is 5.32 Å². The molecule has 3 nitrogen and oxygen atoms in total. The van der Waals surface area contributed by atoms with Crippen molar-refractivity contribution in [3.63, 3.8) is 0 Å². The van der Waals surface area contributed by atoms with Crippen molar-refractivity contribution in [2.24, 2.45) is 0 Å². The van der Waals surface area contributed by atoms with E-state index in [4.69, 9.17) is 5.11 Å². The SMILES string of the molecule is Cc1ccc(NC(=O)O)cc1.F. The summed E-state index contributed by atoms with van der Waals surface area (Å²) in [4.78, 5) is 10.1. The summed E-state index contributed by atoms with van der Waals surface area (Å²) in [5, 5.41) is 10.6. The molecule has 1 aromatic rings. The van der Waals surface area contributed by atoms with Crippen molar-refractivity contribution in [1.29, 1.82) is 0 Å². The molecule has 0 fully saturated rings. The molecule has 0 aliphatic rings. The number of nitrogens with one attached hydrogen (secondary N) is 1. The Balaban J connectivity index is 0.00000121. The topological polar surface area (TPSA) is 49.3 Å². The highest BCUT2D eigenvalue weighted by atomic mass is 19.0. The van der Waals surface area contributed by atoms with Gasteiger partial charge >= 0.3 is 6.09 Å². The van der Waals surface area contributed by atoms with Gasteiger partial charge in [0.1, 0.15) is 0 Å². The van der Waals surface area contributed by atoms with Crippen molar-refractivity contribution in [3.8, 4) is 0 Å². The quantitative estimate of drug-likeness (QED) is 0.680. The van der Waals surface area contributed by atoms with E-state index >= 15 is 0 Å². The van der Waals surface area contributed by atoms with Crippen molar-refractivity contribution in [1.82, 2.24) is 0 Å². The number of amides is 1. The van der Waals surface area contributed by atoms with Gasteiger partial charge in [0, 0.05) is 5.69 Å². The molecule has 0 aromatic heterocycles. The normalized spacial score (nSPS) is 8.42. The van der Waals surface area contributed by atoms with Gasteiger partial charge in [0.05, 0.1) is 0 Å². The van der Waals surface area contributed by atoms with Gasteiger partial charge in [0.25, 0.3) is 0 Å². The second-order valence-electron chi connectivity index (χ2n) is 2.30. The Kier molecular flexibility index (Phi) is 3.76. The molecule has 0 heterocycles. The third-order valence-corrected chi connectivity index (χ3v) is 1.30. The first-order valence-electron chi connectivity index (χ1n) is 3.25. The summed E-state index contributed by atoms with van der Waals surface area (Å²) in [5.41, 5.74) is 1.71. The average Bonchev–Trinajstić information content (AvgIpc) is 1.93. The van der Waals surface area contributed by atoms with E-state index in [0.29, 0.717) is 5.69 Å². The van der Waals surface area contributed by atoms with Crippen LogP contribution in [0.3, 0.4) is 0 Å². The van der Waals surface area contributed by atoms with E-state index in [0.717, 1.165) is 5.56 Å². The van der Waals surface area contributed by atoms with Gasteiger partial charge < -0.3 is 5.11 Å². The summed E-state index contributed by atoms with van der Waals surface area (Å²) in [5.74, 6) is 0. The fourth-order valence-electron chi connectivity index (χ4n) is 0.760. The van der Waals surface area contributed by atoms with Crippen LogP contribution in [0.1, 0.15) is 5.56 Å². The molecule has 1 aromatic carbocycles. The predicted molar refractivity (Wildman–Crippen MR) is 45.3 cm³/mol. The monoisotopic (exact) mass is 171 g/mol. The van der Waals surface area contributed by atoms with Crippen LogP contribution in [0.15, 0.2) is 24.3 Å². The molecule has 0 unspecified atom stereocenters. The summed E-state index contributed by atoms with van der Waals surface area (Å²) in [6.07, 6.45) is -1.03. The molecule has 0 saturated heterocycles. The van der Waals surface area contributed by atoms with Gasteiger partial charge in [-0.25, -0.2) is 4.79 Å². The zero-order valence-electron chi connectivity index (χ0n) is 6.57. The number of halogens is 1. The van der Waals surface area contributed by atoms with E-state index in [-0.39, 0.29) is 4.70 Å². The first-order valence-corrected chi connectivity index (χ1v) is 3.25. The van der Waals surface area contributed by atoms with Gasteiger partial charge in [0.15, 0.2) is 0 Å². The van der Waals surface area contributed by atoms with Crippen LogP contribution >= 0.6 is 0 Å². The molecule has 0 saturated carbocycles. The maximum Gasteiger partial charge on any atom is 0.409 e. The maximum atomic E-state index is 10.1. The number of rotatable bonds is 1. The molecule has 0 aliphatic heterocycles. The molecule has 1 amide bonds. The lowest BCUT2D eigenvalue weighted by molar-refractivity contribution is 0.210. The van der Waals surface area contributed by atoms with Crippen molar-refractivity contribution < 1.29 is 14.6 Å². The Bertz CT molecular complexity index is 258. The molecule has 66 valence electrons. The summed E-state index contributed by atoms with van der Waals surface area (Å²) < 4.78 is 0. The lowest BCUT2D eigenvalue weighted by Crippen LogP contribution is -2.06. The summed E-state index contributed by atoms with van der Waals surface area (Å²) in [6, 6.07) is 7.16. The minimum atomic E-state index is -1.03. The third-order valence-electron chi connectivity index (χ3n) is 1.30. The van der Waals surface area contributed by atoms with Crippen LogP contribution in [-0.4, -0.2) is 11.2 Å². The van der Waals surface area contributed by atoms with E-state index < -0.39 is 6.09 Å². The molecule has 0 atom stereocenters.